The Balaban J connectivity index is 2.58. The Morgan fingerprint density at radius 2 is 2.00 bits per heavy atom. The van der Waals surface area contributed by atoms with Crippen molar-refractivity contribution in [2.75, 3.05) is 18.2 Å². The van der Waals surface area contributed by atoms with E-state index < -0.39 is 17.9 Å². The van der Waals surface area contributed by atoms with Crippen LogP contribution in [0.2, 0.25) is 0 Å². The number of carboxylic acids is 1. The fraction of sp³-hybridized carbons (Fsp3) is 0.786. The first-order valence-corrected chi connectivity index (χ1v) is 8.15. The van der Waals surface area contributed by atoms with Crippen LogP contribution in [-0.2, 0) is 14.4 Å². The highest BCUT2D eigenvalue weighted by molar-refractivity contribution is 7.99. The molecule has 1 aliphatic heterocycles. The standard InChI is InChI=1S/C14H24N2O4S/c1-9(13(19)20)6-15-12(18)10-7-21-8-16(10)11(17)5-14(2,3)4/h9-10H,5-8H2,1-4H3,(H,15,18)(H,19,20). The number of rotatable bonds is 5. The van der Waals surface area contributed by atoms with E-state index in [1.807, 2.05) is 20.8 Å². The largest absolute Gasteiger partial charge is 0.481 e. The van der Waals surface area contributed by atoms with E-state index in [9.17, 15) is 14.4 Å². The molecule has 120 valence electrons. The number of aliphatic carboxylic acids is 1. The number of carbonyl (C=O) groups excluding carboxylic acids is 2. The van der Waals surface area contributed by atoms with Gasteiger partial charge in [0.15, 0.2) is 0 Å². The van der Waals surface area contributed by atoms with Crippen LogP contribution in [0.4, 0.5) is 0 Å². The highest BCUT2D eigenvalue weighted by Crippen LogP contribution is 2.26. The molecule has 2 N–H and O–H groups in total. The number of amides is 2. The van der Waals surface area contributed by atoms with Crippen LogP contribution in [0.5, 0.6) is 0 Å². The van der Waals surface area contributed by atoms with Crippen molar-refractivity contribution in [2.45, 2.75) is 40.2 Å². The molecule has 0 radical (unpaired) electrons. The third kappa shape index (κ3) is 5.57. The first kappa shape index (κ1) is 17.8. The first-order valence-electron chi connectivity index (χ1n) is 6.99. The number of carbonyl (C=O) groups is 3. The lowest BCUT2D eigenvalue weighted by atomic mass is 9.91. The zero-order chi connectivity index (χ0) is 16.2. The Morgan fingerprint density at radius 3 is 2.52 bits per heavy atom. The molecule has 0 aliphatic carbocycles. The zero-order valence-electron chi connectivity index (χ0n) is 13.0. The average Bonchev–Trinajstić information content (AvgIpc) is 2.82. The summed E-state index contributed by atoms with van der Waals surface area (Å²) in [6.07, 6.45) is 0.392. The van der Waals surface area contributed by atoms with Gasteiger partial charge in [0, 0.05) is 18.7 Å². The molecular formula is C14H24N2O4S. The van der Waals surface area contributed by atoms with Gasteiger partial charge in [-0.05, 0) is 5.41 Å². The summed E-state index contributed by atoms with van der Waals surface area (Å²) in [5.41, 5.74) is -0.122. The molecule has 0 saturated carbocycles. The summed E-state index contributed by atoms with van der Waals surface area (Å²) in [5, 5.41) is 11.4. The van der Waals surface area contributed by atoms with Gasteiger partial charge in [-0.15, -0.1) is 11.8 Å². The predicted octanol–water partition coefficient (Wildman–Crippen LogP) is 1.16. The topological polar surface area (TPSA) is 86.7 Å². The summed E-state index contributed by atoms with van der Waals surface area (Å²) in [6.45, 7) is 7.57. The van der Waals surface area contributed by atoms with Crippen molar-refractivity contribution < 1.29 is 19.5 Å². The summed E-state index contributed by atoms with van der Waals surface area (Å²) >= 11 is 1.54. The predicted molar refractivity (Wildman–Crippen MR) is 81.8 cm³/mol. The average molecular weight is 316 g/mol. The lowest BCUT2D eigenvalue weighted by Crippen LogP contribution is -2.49. The smallest absolute Gasteiger partial charge is 0.308 e. The van der Waals surface area contributed by atoms with E-state index in [1.54, 1.807) is 16.7 Å². The van der Waals surface area contributed by atoms with Gasteiger partial charge < -0.3 is 15.3 Å². The van der Waals surface area contributed by atoms with Crippen molar-refractivity contribution in [3.63, 3.8) is 0 Å². The maximum atomic E-state index is 12.3. The summed E-state index contributed by atoms with van der Waals surface area (Å²) in [7, 11) is 0. The third-order valence-electron chi connectivity index (χ3n) is 3.19. The van der Waals surface area contributed by atoms with Crippen LogP contribution < -0.4 is 5.32 Å². The molecule has 7 heteroatoms. The van der Waals surface area contributed by atoms with E-state index in [0.29, 0.717) is 18.1 Å². The molecular weight excluding hydrogens is 292 g/mol. The van der Waals surface area contributed by atoms with Gasteiger partial charge in [0.2, 0.25) is 11.8 Å². The maximum absolute atomic E-state index is 12.3. The second kappa shape index (κ2) is 7.15. The van der Waals surface area contributed by atoms with Crippen molar-refractivity contribution in [3.8, 4) is 0 Å². The Hall–Kier alpha value is -1.24. The molecule has 6 nitrogen and oxygen atoms in total. The molecule has 0 aromatic carbocycles. The van der Waals surface area contributed by atoms with Crippen molar-refractivity contribution in [1.29, 1.82) is 0 Å². The molecule has 1 rings (SSSR count). The molecule has 1 fully saturated rings. The SMILES string of the molecule is CC(CNC(=O)C1CSCN1C(=O)CC(C)(C)C)C(=O)O. The van der Waals surface area contributed by atoms with Gasteiger partial charge in [0.25, 0.3) is 0 Å². The summed E-state index contributed by atoms with van der Waals surface area (Å²) in [6, 6.07) is -0.495. The molecule has 0 aromatic rings. The number of nitrogens with zero attached hydrogens (tertiary/aromatic N) is 1. The minimum Gasteiger partial charge on any atom is -0.481 e. The van der Waals surface area contributed by atoms with E-state index in [-0.39, 0.29) is 23.8 Å². The van der Waals surface area contributed by atoms with Crippen molar-refractivity contribution in [1.82, 2.24) is 10.2 Å². The van der Waals surface area contributed by atoms with Gasteiger partial charge in [-0.2, -0.15) is 0 Å². The molecule has 1 saturated heterocycles. The Bertz CT molecular complexity index is 420. The van der Waals surface area contributed by atoms with E-state index >= 15 is 0 Å². The molecule has 0 spiro atoms. The molecule has 1 heterocycles. The van der Waals surface area contributed by atoms with Crippen LogP contribution in [0.15, 0.2) is 0 Å². The number of thioether (sulfide) groups is 1. The lowest BCUT2D eigenvalue weighted by Gasteiger charge is -2.27. The van der Waals surface area contributed by atoms with Gasteiger partial charge in [0.05, 0.1) is 11.8 Å². The third-order valence-corrected chi connectivity index (χ3v) is 4.20. The molecule has 0 aromatic heterocycles. The fourth-order valence-corrected chi connectivity index (χ4v) is 3.10. The summed E-state index contributed by atoms with van der Waals surface area (Å²) < 4.78 is 0. The van der Waals surface area contributed by atoms with Crippen LogP contribution in [0.25, 0.3) is 0 Å². The normalized spacial score (nSPS) is 20.2. The van der Waals surface area contributed by atoms with Gasteiger partial charge in [-0.25, -0.2) is 0 Å². The van der Waals surface area contributed by atoms with E-state index in [0.717, 1.165) is 0 Å². The number of hydrogen-bond acceptors (Lipinski definition) is 4. The van der Waals surface area contributed by atoms with Crippen LogP contribution in [-0.4, -0.2) is 52.0 Å². The minimum absolute atomic E-state index is 0.0288. The fourth-order valence-electron chi connectivity index (χ4n) is 1.92. The monoisotopic (exact) mass is 316 g/mol. The van der Waals surface area contributed by atoms with Crippen LogP contribution in [0, 0.1) is 11.3 Å². The lowest BCUT2D eigenvalue weighted by molar-refractivity contribution is -0.142. The van der Waals surface area contributed by atoms with Gasteiger partial charge in [-0.1, -0.05) is 27.7 Å². The molecule has 2 amide bonds. The highest BCUT2D eigenvalue weighted by Gasteiger charge is 2.35. The van der Waals surface area contributed by atoms with Gasteiger partial charge in [-0.3, -0.25) is 14.4 Å². The van der Waals surface area contributed by atoms with Crippen molar-refractivity contribution in [2.24, 2.45) is 11.3 Å². The number of carboxylic acid groups (broad SMARTS) is 1. The number of hydrogen-bond donors (Lipinski definition) is 2. The van der Waals surface area contributed by atoms with Gasteiger partial charge >= 0.3 is 5.97 Å². The molecule has 1 aliphatic rings. The van der Waals surface area contributed by atoms with Crippen LogP contribution >= 0.6 is 11.8 Å². The quantitative estimate of drug-likeness (QED) is 0.795. The Labute approximate surface area is 129 Å². The summed E-state index contributed by atoms with van der Waals surface area (Å²) in [4.78, 5) is 36.7. The van der Waals surface area contributed by atoms with Crippen LogP contribution in [0.3, 0.4) is 0 Å². The molecule has 21 heavy (non-hydrogen) atoms. The minimum atomic E-state index is -0.947. The number of nitrogens with one attached hydrogen (secondary N) is 1. The summed E-state index contributed by atoms with van der Waals surface area (Å²) in [5.74, 6) is -0.808. The van der Waals surface area contributed by atoms with Crippen molar-refractivity contribution in [3.05, 3.63) is 0 Å². The maximum Gasteiger partial charge on any atom is 0.308 e. The van der Waals surface area contributed by atoms with E-state index in [4.69, 9.17) is 5.11 Å². The Kier molecular flexibility index (Phi) is 6.07. The zero-order valence-corrected chi connectivity index (χ0v) is 13.8. The molecule has 2 unspecified atom stereocenters. The highest BCUT2D eigenvalue weighted by atomic mass is 32.2. The molecule has 0 bridgehead atoms. The first-order chi connectivity index (χ1) is 9.61. The van der Waals surface area contributed by atoms with E-state index in [1.165, 1.54) is 6.92 Å². The second-order valence-corrected chi connectivity index (χ2v) is 7.60. The van der Waals surface area contributed by atoms with Crippen LogP contribution in [0.1, 0.15) is 34.1 Å². The Morgan fingerprint density at radius 1 is 1.38 bits per heavy atom. The second-order valence-electron chi connectivity index (χ2n) is 6.60. The van der Waals surface area contributed by atoms with Gasteiger partial charge in [0.1, 0.15) is 6.04 Å². The molecule has 2 atom stereocenters. The van der Waals surface area contributed by atoms with E-state index in [2.05, 4.69) is 5.32 Å². The van der Waals surface area contributed by atoms with Crippen molar-refractivity contribution >= 4 is 29.5 Å².